The second kappa shape index (κ2) is 10.2. The molecule has 3 aromatic carbocycles. The fraction of sp³-hybridized carbons (Fsp3) is 0.333. The van der Waals surface area contributed by atoms with E-state index in [0.29, 0.717) is 46.5 Å². The Morgan fingerprint density at radius 1 is 0.833 bits per heavy atom. The number of ether oxygens (including phenoxy) is 1. The number of amides is 3. The number of hydrogen-bond acceptors (Lipinski definition) is 5. The fourth-order valence-corrected chi connectivity index (χ4v) is 7.96. The number of anilines is 1. The number of nitrogens with zero attached hydrogens (tertiary/aromatic N) is 1. The van der Waals surface area contributed by atoms with Gasteiger partial charge >= 0.3 is 5.97 Å². The van der Waals surface area contributed by atoms with E-state index in [1.54, 1.807) is 38.1 Å². The number of benzene rings is 3. The van der Waals surface area contributed by atoms with Gasteiger partial charge in [-0.1, -0.05) is 69.3 Å². The number of alkyl halides is 2. The third kappa shape index (κ3) is 3.86. The van der Waals surface area contributed by atoms with E-state index in [1.807, 2.05) is 55.5 Å². The monoisotopic (exact) mass is 604 g/mol. The highest BCUT2D eigenvalue weighted by Crippen LogP contribution is 2.69. The molecule has 0 spiro atoms. The Kier molecular flexibility index (Phi) is 6.94. The Morgan fingerprint density at radius 3 is 1.69 bits per heavy atom. The molecule has 0 saturated carbocycles. The summed E-state index contributed by atoms with van der Waals surface area (Å²) in [6.45, 7) is 5.79. The van der Waals surface area contributed by atoms with Gasteiger partial charge in [0, 0.05) is 5.69 Å². The molecule has 42 heavy (non-hydrogen) atoms. The number of halogens is 2. The molecular weight excluding hydrogens is 575 g/mol. The van der Waals surface area contributed by atoms with Crippen molar-refractivity contribution >= 4 is 52.6 Å². The van der Waals surface area contributed by atoms with Crippen molar-refractivity contribution in [3.05, 3.63) is 101 Å². The number of esters is 1. The van der Waals surface area contributed by atoms with Gasteiger partial charge in [-0.2, -0.15) is 0 Å². The summed E-state index contributed by atoms with van der Waals surface area (Å²) in [6.07, 6.45) is 0.708. The van der Waals surface area contributed by atoms with Gasteiger partial charge < -0.3 is 10.1 Å². The number of carbonyl (C=O) groups excluding carboxylic acids is 4. The summed E-state index contributed by atoms with van der Waals surface area (Å²) < 4.78 is 5.16. The number of rotatable bonds is 7. The first-order valence-corrected chi connectivity index (χ1v) is 14.8. The lowest BCUT2D eigenvalue weighted by molar-refractivity contribution is -0.148. The van der Waals surface area contributed by atoms with Gasteiger partial charge in [0.05, 0.1) is 24.0 Å². The van der Waals surface area contributed by atoms with E-state index in [9.17, 15) is 19.2 Å². The van der Waals surface area contributed by atoms with Gasteiger partial charge in [-0.25, -0.2) is 4.79 Å². The number of imide groups is 1. The van der Waals surface area contributed by atoms with Gasteiger partial charge in [0.25, 0.3) is 0 Å². The normalized spacial score (nSPS) is 26.0. The summed E-state index contributed by atoms with van der Waals surface area (Å²) in [5, 5.41) is 2.82. The minimum atomic E-state index is -1.32. The first-order valence-electron chi connectivity index (χ1n) is 14.1. The van der Waals surface area contributed by atoms with E-state index in [4.69, 9.17) is 27.9 Å². The Balaban J connectivity index is 1.36. The SMILES string of the molecule is CCCOC(=O)c1ccc(NC(=O)[C@H](C(C)C)N2C(=O)[C@@H]3[C@@H](C2=O)C2(Cl)c4ccccc4C3(Cl)c3ccccc32)cc1. The molecule has 1 heterocycles. The van der Waals surface area contributed by atoms with E-state index in [-0.39, 0.29) is 0 Å². The lowest BCUT2D eigenvalue weighted by atomic mass is 9.54. The van der Waals surface area contributed by atoms with E-state index < -0.39 is 57.2 Å². The van der Waals surface area contributed by atoms with Crippen molar-refractivity contribution in [1.82, 2.24) is 4.90 Å². The van der Waals surface area contributed by atoms with Crippen LogP contribution in [0.1, 0.15) is 59.8 Å². The van der Waals surface area contributed by atoms with Crippen LogP contribution in [0.4, 0.5) is 5.69 Å². The minimum Gasteiger partial charge on any atom is -0.462 e. The zero-order chi connectivity index (χ0) is 30.0. The predicted octanol–water partition coefficient (Wildman–Crippen LogP) is 5.81. The summed E-state index contributed by atoms with van der Waals surface area (Å²) in [5.41, 5.74) is 3.57. The Labute approximate surface area is 254 Å². The highest BCUT2D eigenvalue weighted by molar-refractivity contribution is 6.36. The number of nitrogens with one attached hydrogen (secondary N) is 1. The third-order valence-corrected chi connectivity index (χ3v) is 9.91. The second-order valence-electron chi connectivity index (χ2n) is 11.4. The zero-order valence-corrected chi connectivity index (χ0v) is 24.9. The van der Waals surface area contributed by atoms with Crippen LogP contribution >= 0.6 is 23.2 Å². The minimum absolute atomic E-state index is 0.316. The van der Waals surface area contributed by atoms with Crippen LogP contribution in [0.3, 0.4) is 0 Å². The lowest BCUT2D eigenvalue weighted by Gasteiger charge is -2.54. The average Bonchev–Trinajstić information content (AvgIpc) is 3.25. The summed E-state index contributed by atoms with van der Waals surface area (Å²) in [4.78, 5) is 53.1. The van der Waals surface area contributed by atoms with Crippen molar-refractivity contribution in [3.63, 3.8) is 0 Å². The number of hydrogen-bond donors (Lipinski definition) is 1. The van der Waals surface area contributed by atoms with Crippen molar-refractivity contribution in [3.8, 4) is 0 Å². The summed E-state index contributed by atoms with van der Waals surface area (Å²) >= 11 is 15.0. The molecule has 1 aliphatic heterocycles. The van der Waals surface area contributed by atoms with Crippen LogP contribution in [-0.4, -0.2) is 41.2 Å². The predicted molar refractivity (Wildman–Crippen MR) is 159 cm³/mol. The van der Waals surface area contributed by atoms with Gasteiger partial charge in [0.15, 0.2) is 0 Å². The highest BCUT2D eigenvalue weighted by atomic mass is 35.5. The largest absolute Gasteiger partial charge is 0.462 e. The first-order chi connectivity index (χ1) is 20.1. The van der Waals surface area contributed by atoms with E-state index in [1.165, 1.54) is 0 Å². The molecule has 7 rings (SSSR count). The molecule has 3 amide bonds. The molecule has 0 radical (unpaired) electrons. The summed E-state index contributed by atoms with van der Waals surface area (Å²) in [7, 11) is 0. The molecule has 0 aromatic heterocycles. The van der Waals surface area contributed by atoms with Gasteiger partial charge in [-0.05, 0) is 58.9 Å². The van der Waals surface area contributed by atoms with Crippen LogP contribution in [0.15, 0.2) is 72.8 Å². The van der Waals surface area contributed by atoms with Crippen molar-refractivity contribution < 1.29 is 23.9 Å². The molecule has 9 heteroatoms. The number of carbonyl (C=O) groups is 4. The van der Waals surface area contributed by atoms with Gasteiger partial charge in [-0.3, -0.25) is 19.3 Å². The second-order valence-corrected chi connectivity index (χ2v) is 12.6. The standard InChI is InChI=1S/C33H30Cl2N2O5/c1-4-17-42-31(41)19-13-15-20(16-14-19)36-28(38)27(18(2)3)37-29(39)25-26(30(37)40)33(35)22-10-6-5-9-21(22)32(25,34)23-11-7-8-12-24(23)33/h5-16,18,25-27H,4,17H2,1-3H3,(H,36,38)/t25-,26-,27-,32?,33?/m0/s1. The molecule has 3 aromatic rings. The molecule has 1 fully saturated rings. The van der Waals surface area contributed by atoms with E-state index in [0.717, 1.165) is 4.90 Å². The molecule has 1 saturated heterocycles. The van der Waals surface area contributed by atoms with Crippen LogP contribution in [0.25, 0.3) is 0 Å². The maximum absolute atomic E-state index is 14.3. The van der Waals surface area contributed by atoms with Crippen LogP contribution in [0.2, 0.25) is 0 Å². The van der Waals surface area contributed by atoms with Crippen molar-refractivity contribution in [2.24, 2.45) is 17.8 Å². The first kappa shape index (κ1) is 28.4. The quantitative estimate of drug-likeness (QED) is 0.209. The van der Waals surface area contributed by atoms with Crippen molar-refractivity contribution in [1.29, 1.82) is 0 Å². The average molecular weight is 606 g/mol. The molecule has 3 aliphatic carbocycles. The topological polar surface area (TPSA) is 92.8 Å². The Bertz CT molecular complexity index is 1500. The molecule has 216 valence electrons. The third-order valence-electron chi connectivity index (χ3n) is 8.62. The lowest BCUT2D eigenvalue weighted by Crippen LogP contribution is -2.57. The van der Waals surface area contributed by atoms with E-state index in [2.05, 4.69) is 5.32 Å². The summed E-state index contributed by atoms with van der Waals surface area (Å²) in [5.74, 6) is -4.41. The van der Waals surface area contributed by atoms with Crippen molar-refractivity contribution in [2.45, 2.75) is 43.0 Å². The van der Waals surface area contributed by atoms with Crippen LogP contribution in [0.5, 0.6) is 0 Å². The van der Waals surface area contributed by atoms with Crippen molar-refractivity contribution in [2.75, 3.05) is 11.9 Å². The van der Waals surface area contributed by atoms with Crippen LogP contribution in [-0.2, 0) is 28.9 Å². The highest BCUT2D eigenvalue weighted by Gasteiger charge is 2.73. The molecule has 0 unspecified atom stereocenters. The molecule has 4 aliphatic rings. The van der Waals surface area contributed by atoms with E-state index >= 15 is 0 Å². The number of likely N-dealkylation sites (tertiary alicyclic amines) is 1. The smallest absolute Gasteiger partial charge is 0.338 e. The van der Waals surface area contributed by atoms with Gasteiger partial charge in [0.2, 0.25) is 17.7 Å². The Hall–Kier alpha value is -3.68. The van der Waals surface area contributed by atoms with Gasteiger partial charge in [0.1, 0.15) is 15.8 Å². The van der Waals surface area contributed by atoms with Crippen LogP contribution < -0.4 is 5.32 Å². The molecule has 3 atom stereocenters. The zero-order valence-electron chi connectivity index (χ0n) is 23.4. The molecule has 7 nitrogen and oxygen atoms in total. The molecular formula is C33H30Cl2N2O5. The molecule has 1 N–H and O–H groups in total. The maximum atomic E-state index is 14.3. The summed E-state index contributed by atoms with van der Waals surface area (Å²) in [6, 6.07) is 20.0. The van der Waals surface area contributed by atoms with Crippen LogP contribution in [0, 0.1) is 17.8 Å². The molecule has 2 bridgehead atoms. The Morgan fingerprint density at radius 2 is 1.29 bits per heavy atom. The van der Waals surface area contributed by atoms with Gasteiger partial charge in [-0.15, -0.1) is 23.2 Å². The fourth-order valence-electron chi connectivity index (χ4n) is 6.86. The maximum Gasteiger partial charge on any atom is 0.338 e.